The molecule has 0 saturated heterocycles. The molecule has 4 heteroatoms. The zero-order chi connectivity index (χ0) is 18.1. The van der Waals surface area contributed by atoms with E-state index in [1.807, 2.05) is 58.0 Å². The van der Waals surface area contributed by atoms with Crippen LogP contribution in [0.5, 0.6) is 5.75 Å². The van der Waals surface area contributed by atoms with Crippen molar-refractivity contribution in [2.75, 3.05) is 0 Å². The van der Waals surface area contributed by atoms with Gasteiger partial charge in [0, 0.05) is 65.0 Å². The first-order valence-electron chi connectivity index (χ1n) is 8.10. The summed E-state index contributed by atoms with van der Waals surface area (Å²) in [5.74, 6) is 0.324. The first-order chi connectivity index (χ1) is 11.8. The SMILES string of the molecule is CC.CC.II.Oc1cc2[nH]c3ccccc3c2c2ccccc12. The summed E-state index contributed by atoms with van der Waals surface area (Å²) in [7, 11) is 0. The Kier molecular flexibility index (Phi) is 9.43. The summed E-state index contributed by atoms with van der Waals surface area (Å²) in [6.45, 7) is 8.00. The number of fused-ring (bicyclic) bond motifs is 5. The van der Waals surface area contributed by atoms with Gasteiger partial charge in [0.25, 0.3) is 0 Å². The van der Waals surface area contributed by atoms with Gasteiger partial charge >= 0.3 is 0 Å². The number of phenols is 1. The molecule has 0 saturated carbocycles. The predicted octanol–water partition coefficient (Wildman–Crippen LogP) is 8.00. The van der Waals surface area contributed by atoms with Crippen LogP contribution < -0.4 is 0 Å². The molecule has 4 aromatic rings. The van der Waals surface area contributed by atoms with Gasteiger partial charge in [-0.1, -0.05) is 70.2 Å². The molecule has 0 aliphatic rings. The number of para-hydroxylation sites is 1. The molecule has 3 aromatic carbocycles. The first kappa shape index (κ1) is 21.0. The Bertz CT molecular complexity index is 900. The zero-order valence-electron chi connectivity index (χ0n) is 14.4. The smallest absolute Gasteiger partial charge is 0.125 e. The van der Waals surface area contributed by atoms with Crippen molar-refractivity contribution in [2.24, 2.45) is 0 Å². The van der Waals surface area contributed by atoms with Crippen molar-refractivity contribution in [3.05, 3.63) is 54.6 Å². The minimum absolute atomic E-state index is 0.324. The average molecular weight is 547 g/mol. The second kappa shape index (κ2) is 10.8. The molecule has 1 aromatic heterocycles. The Hall–Kier alpha value is -1.02. The van der Waals surface area contributed by atoms with Crippen LogP contribution in [0.1, 0.15) is 27.7 Å². The number of H-pyrrole nitrogens is 1. The molecular weight excluding hydrogens is 524 g/mol. The Balaban J connectivity index is 0.000000436. The summed E-state index contributed by atoms with van der Waals surface area (Å²) in [4.78, 5) is 3.35. The standard InChI is InChI=1S/C16H11NO.2C2H6.I2/c18-15-9-14-16(11-6-2-1-5-10(11)15)12-7-3-4-8-13(12)17-14;3*1-2/h1-9,17-18H;2*1-2H3;. The molecule has 0 atom stereocenters. The molecule has 0 amide bonds. The minimum atomic E-state index is 0.324. The van der Waals surface area contributed by atoms with Crippen LogP contribution >= 0.6 is 37.2 Å². The second-order valence-electron chi connectivity index (χ2n) is 4.53. The van der Waals surface area contributed by atoms with Crippen LogP contribution in [0.2, 0.25) is 0 Å². The van der Waals surface area contributed by atoms with E-state index in [1.165, 1.54) is 10.8 Å². The van der Waals surface area contributed by atoms with Gasteiger partial charge in [0.05, 0.1) is 5.52 Å². The molecule has 2 nitrogen and oxygen atoms in total. The number of hydrogen-bond donors (Lipinski definition) is 2. The fourth-order valence-corrected chi connectivity index (χ4v) is 2.70. The third-order valence-electron chi connectivity index (χ3n) is 3.49. The van der Waals surface area contributed by atoms with Crippen LogP contribution in [-0.4, -0.2) is 10.1 Å². The number of benzene rings is 3. The molecular formula is C20H23I2NO. The Labute approximate surface area is 167 Å². The van der Waals surface area contributed by atoms with Crippen LogP contribution in [-0.2, 0) is 0 Å². The number of nitrogens with one attached hydrogen (secondary N) is 1. The van der Waals surface area contributed by atoms with Crippen molar-refractivity contribution in [2.45, 2.75) is 27.7 Å². The number of aromatic hydroxyl groups is 1. The first-order valence-corrected chi connectivity index (χ1v) is 14.4. The van der Waals surface area contributed by atoms with Crippen molar-refractivity contribution in [3.63, 3.8) is 0 Å². The molecule has 0 fully saturated rings. The van der Waals surface area contributed by atoms with E-state index in [0.717, 1.165) is 21.8 Å². The minimum Gasteiger partial charge on any atom is -0.507 e. The van der Waals surface area contributed by atoms with Gasteiger partial charge in [-0.05, 0) is 11.5 Å². The maximum absolute atomic E-state index is 10.1. The molecule has 0 bridgehead atoms. The fourth-order valence-electron chi connectivity index (χ4n) is 2.70. The lowest BCUT2D eigenvalue weighted by atomic mass is 10.0. The summed E-state index contributed by atoms with van der Waals surface area (Å²) in [6.07, 6.45) is 0. The Morgan fingerprint density at radius 3 is 1.83 bits per heavy atom. The van der Waals surface area contributed by atoms with E-state index in [1.54, 1.807) is 6.07 Å². The van der Waals surface area contributed by atoms with Crippen molar-refractivity contribution >= 4 is 69.8 Å². The predicted molar refractivity (Wildman–Crippen MR) is 126 cm³/mol. The Morgan fingerprint density at radius 1 is 0.708 bits per heavy atom. The number of aromatic amines is 1. The van der Waals surface area contributed by atoms with Gasteiger partial charge < -0.3 is 10.1 Å². The zero-order valence-corrected chi connectivity index (χ0v) is 18.7. The maximum Gasteiger partial charge on any atom is 0.125 e. The monoisotopic (exact) mass is 547 g/mol. The van der Waals surface area contributed by atoms with Gasteiger partial charge in [-0.25, -0.2) is 0 Å². The highest BCUT2D eigenvalue weighted by molar-refractivity contribution is 15.0. The van der Waals surface area contributed by atoms with E-state index < -0.39 is 0 Å². The summed E-state index contributed by atoms with van der Waals surface area (Å²) >= 11 is 4.24. The van der Waals surface area contributed by atoms with Gasteiger partial charge in [-0.3, -0.25) is 0 Å². The Morgan fingerprint density at radius 2 is 1.21 bits per heavy atom. The highest BCUT2D eigenvalue weighted by Crippen LogP contribution is 2.36. The average Bonchev–Trinajstić information content (AvgIpc) is 3.05. The van der Waals surface area contributed by atoms with E-state index in [-0.39, 0.29) is 0 Å². The number of aromatic nitrogens is 1. The maximum atomic E-state index is 10.1. The molecule has 0 aliphatic carbocycles. The van der Waals surface area contributed by atoms with Crippen molar-refractivity contribution in [3.8, 4) is 5.75 Å². The third kappa shape index (κ3) is 4.14. The molecule has 2 N–H and O–H groups in total. The van der Waals surface area contributed by atoms with Gasteiger partial charge in [-0.2, -0.15) is 0 Å². The van der Waals surface area contributed by atoms with Crippen LogP contribution in [0.25, 0.3) is 32.6 Å². The van der Waals surface area contributed by atoms with Gasteiger partial charge in [-0.15, -0.1) is 0 Å². The summed E-state index contributed by atoms with van der Waals surface area (Å²) < 4.78 is 0. The molecule has 0 radical (unpaired) electrons. The van der Waals surface area contributed by atoms with Crippen LogP contribution in [0.4, 0.5) is 0 Å². The van der Waals surface area contributed by atoms with E-state index in [4.69, 9.17) is 0 Å². The molecule has 1 heterocycles. The molecule has 0 spiro atoms. The van der Waals surface area contributed by atoms with E-state index in [9.17, 15) is 5.11 Å². The lowest BCUT2D eigenvalue weighted by molar-refractivity contribution is 0.482. The number of halogens is 2. The lowest BCUT2D eigenvalue weighted by Crippen LogP contribution is -1.76. The summed E-state index contributed by atoms with van der Waals surface area (Å²) in [6, 6.07) is 18.0. The molecule has 128 valence electrons. The van der Waals surface area contributed by atoms with Crippen LogP contribution in [0.15, 0.2) is 54.6 Å². The normalized spacial score (nSPS) is 9.42. The quantitative estimate of drug-likeness (QED) is 0.215. The largest absolute Gasteiger partial charge is 0.507 e. The van der Waals surface area contributed by atoms with E-state index in [0.29, 0.717) is 5.75 Å². The second-order valence-corrected chi connectivity index (χ2v) is 4.53. The topological polar surface area (TPSA) is 36.0 Å². The van der Waals surface area contributed by atoms with Crippen LogP contribution in [0, 0.1) is 0 Å². The van der Waals surface area contributed by atoms with E-state index in [2.05, 4.69) is 60.4 Å². The molecule has 4 rings (SSSR count). The van der Waals surface area contributed by atoms with Crippen molar-refractivity contribution in [1.82, 2.24) is 4.98 Å². The highest BCUT2D eigenvalue weighted by atomic mass is 128. The number of phenolic OH excluding ortho intramolecular Hbond substituents is 1. The molecule has 0 aliphatic heterocycles. The number of hydrogen-bond acceptors (Lipinski definition) is 1. The summed E-state index contributed by atoms with van der Waals surface area (Å²) in [5.41, 5.74) is 2.08. The van der Waals surface area contributed by atoms with Crippen molar-refractivity contribution < 1.29 is 5.11 Å². The third-order valence-corrected chi connectivity index (χ3v) is 3.49. The molecule has 0 unspecified atom stereocenters. The highest BCUT2D eigenvalue weighted by Gasteiger charge is 2.10. The molecule has 24 heavy (non-hydrogen) atoms. The fraction of sp³-hybridized carbons (Fsp3) is 0.200. The number of rotatable bonds is 0. The lowest BCUT2D eigenvalue weighted by Gasteiger charge is -2.02. The van der Waals surface area contributed by atoms with E-state index >= 15 is 0 Å². The summed E-state index contributed by atoms with van der Waals surface area (Å²) in [5, 5.41) is 14.4. The van der Waals surface area contributed by atoms with Gasteiger partial charge in [0.15, 0.2) is 0 Å². The van der Waals surface area contributed by atoms with Gasteiger partial charge in [0.1, 0.15) is 5.75 Å². The van der Waals surface area contributed by atoms with Crippen LogP contribution in [0.3, 0.4) is 0 Å². The van der Waals surface area contributed by atoms with Crippen molar-refractivity contribution in [1.29, 1.82) is 0 Å². The van der Waals surface area contributed by atoms with Gasteiger partial charge in [0.2, 0.25) is 0 Å².